The Bertz CT molecular complexity index is 594. The monoisotopic (exact) mass is 313 g/mol. The fraction of sp³-hybridized carbons (Fsp3) is 0.800. The van der Waals surface area contributed by atoms with Crippen LogP contribution in [-0.2, 0) is 9.59 Å². The van der Waals surface area contributed by atoms with Crippen LogP contribution >= 0.6 is 0 Å². The molecule has 2 bridgehead atoms. The van der Waals surface area contributed by atoms with E-state index in [4.69, 9.17) is 0 Å². The van der Waals surface area contributed by atoms with Crippen molar-refractivity contribution < 1.29 is 9.59 Å². The Hall–Kier alpha value is -1.12. The van der Waals surface area contributed by atoms with Crippen molar-refractivity contribution in [3.63, 3.8) is 0 Å². The Kier molecular flexibility index (Phi) is 3.06. The number of carbonyl (C=O) groups is 2. The van der Waals surface area contributed by atoms with Crippen molar-refractivity contribution in [2.75, 3.05) is 0 Å². The number of carbonyl (C=O) groups excluding carboxylic acids is 2. The molecule has 3 nitrogen and oxygen atoms in total. The van der Waals surface area contributed by atoms with Crippen molar-refractivity contribution in [3.8, 4) is 0 Å². The molecule has 2 saturated carbocycles. The third-order valence-electron chi connectivity index (χ3n) is 7.70. The minimum atomic E-state index is 0.239. The normalized spacial score (nSPS) is 48.5. The molecule has 2 heterocycles. The Labute approximate surface area is 138 Å². The maximum atomic E-state index is 12.8. The first-order chi connectivity index (χ1) is 11.1. The van der Waals surface area contributed by atoms with Gasteiger partial charge in [-0.3, -0.25) is 9.59 Å². The first-order valence-corrected chi connectivity index (χ1v) is 9.71. The van der Waals surface area contributed by atoms with E-state index in [2.05, 4.69) is 11.8 Å². The second kappa shape index (κ2) is 4.94. The lowest BCUT2D eigenvalue weighted by Crippen LogP contribution is -2.62. The summed E-state index contributed by atoms with van der Waals surface area (Å²) in [6.07, 6.45) is 10.9. The fourth-order valence-corrected chi connectivity index (χ4v) is 6.80. The predicted octanol–water partition coefficient (Wildman–Crippen LogP) is 3.34. The zero-order valence-corrected chi connectivity index (χ0v) is 14.0. The molecule has 0 aromatic rings. The lowest BCUT2D eigenvalue weighted by Gasteiger charge is -2.60. The van der Waals surface area contributed by atoms with Gasteiger partial charge in [-0.05, 0) is 50.9 Å². The molecule has 0 amide bonds. The molecule has 2 saturated heterocycles. The van der Waals surface area contributed by atoms with Crippen LogP contribution in [0.15, 0.2) is 11.8 Å². The molecule has 23 heavy (non-hydrogen) atoms. The van der Waals surface area contributed by atoms with Gasteiger partial charge < -0.3 is 4.90 Å². The van der Waals surface area contributed by atoms with Crippen molar-refractivity contribution in [1.29, 1.82) is 0 Å². The Morgan fingerprint density at radius 2 is 1.87 bits per heavy atom. The molecule has 124 valence electrons. The zero-order chi connectivity index (χ0) is 15.7. The highest BCUT2D eigenvalue weighted by Gasteiger charge is 2.56. The van der Waals surface area contributed by atoms with Crippen molar-refractivity contribution >= 4 is 11.6 Å². The van der Waals surface area contributed by atoms with E-state index in [0.717, 1.165) is 25.7 Å². The molecule has 0 unspecified atom stereocenters. The van der Waals surface area contributed by atoms with Gasteiger partial charge in [0.15, 0.2) is 5.78 Å². The smallest absolute Gasteiger partial charge is 0.160 e. The van der Waals surface area contributed by atoms with Crippen LogP contribution in [0.25, 0.3) is 0 Å². The van der Waals surface area contributed by atoms with Crippen LogP contribution in [0.2, 0.25) is 0 Å². The number of Topliss-reactive ketones (excluding diaryl/α,β-unsaturated/α-hetero) is 1. The number of hydrogen-bond acceptors (Lipinski definition) is 3. The summed E-state index contributed by atoms with van der Waals surface area (Å²) in [6, 6.07) is 0.880. The van der Waals surface area contributed by atoms with E-state index in [0.29, 0.717) is 41.4 Å². The summed E-state index contributed by atoms with van der Waals surface area (Å²) in [5, 5.41) is 0. The molecule has 5 aliphatic rings. The lowest BCUT2D eigenvalue weighted by molar-refractivity contribution is -0.140. The van der Waals surface area contributed by atoms with E-state index in [9.17, 15) is 9.59 Å². The summed E-state index contributed by atoms with van der Waals surface area (Å²) in [6.45, 7) is 2.30. The Balaban J connectivity index is 1.62. The van der Waals surface area contributed by atoms with E-state index >= 15 is 0 Å². The van der Waals surface area contributed by atoms with Gasteiger partial charge in [-0.1, -0.05) is 12.8 Å². The van der Waals surface area contributed by atoms with Crippen LogP contribution in [0.4, 0.5) is 0 Å². The average Bonchev–Trinajstić information content (AvgIpc) is 2.54. The molecule has 0 aromatic carbocycles. The van der Waals surface area contributed by atoms with Crippen molar-refractivity contribution in [1.82, 2.24) is 4.90 Å². The molecule has 0 spiro atoms. The Morgan fingerprint density at radius 1 is 1.04 bits per heavy atom. The largest absolute Gasteiger partial charge is 0.368 e. The van der Waals surface area contributed by atoms with Gasteiger partial charge in [0.2, 0.25) is 0 Å². The number of ketones is 2. The number of allylic oxidation sites excluding steroid dienone is 2. The predicted molar refractivity (Wildman–Crippen MR) is 87.6 cm³/mol. The SMILES string of the molecule is C[C@H]1CC[C@H]2C(=O)C[C@@H]3C[C@H]2N1C1=CC(=O)[C@@H]2CCCC[C@H]2[C@@H]13. The average molecular weight is 313 g/mol. The second-order valence-electron chi connectivity index (χ2n) is 8.73. The molecule has 3 heteroatoms. The van der Waals surface area contributed by atoms with Gasteiger partial charge in [0, 0.05) is 48.0 Å². The minimum Gasteiger partial charge on any atom is -0.368 e. The van der Waals surface area contributed by atoms with E-state index < -0.39 is 0 Å². The number of hydrogen-bond donors (Lipinski definition) is 0. The Morgan fingerprint density at radius 3 is 2.74 bits per heavy atom. The van der Waals surface area contributed by atoms with Gasteiger partial charge in [0.1, 0.15) is 5.78 Å². The third-order valence-corrected chi connectivity index (χ3v) is 7.70. The summed E-state index contributed by atoms with van der Waals surface area (Å²) >= 11 is 0. The van der Waals surface area contributed by atoms with Crippen molar-refractivity contribution in [3.05, 3.63) is 11.8 Å². The highest BCUT2D eigenvalue weighted by molar-refractivity contribution is 5.94. The van der Waals surface area contributed by atoms with Gasteiger partial charge in [-0.25, -0.2) is 0 Å². The summed E-state index contributed by atoms with van der Waals surface area (Å²) in [5.74, 6) is 2.91. The van der Waals surface area contributed by atoms with E-state index in [1.165, 1.54) is 31.4 Å². The van der Waals surface area contributed by atoms with Crippen LogP contribution in [0.5, 0.6) is 0 Å². The maximum absolute atomic E-state index is 12.8. The van der Waals surface area contributed by atoms with Crippen LogP contribution < -0.4 is 0 Å². The minimum absolute atomic E-state index is 0.239. The van der Waals surface area contributed by atoms with E-state index in [1.54, 1.807) is 0 Å². The fourth-order valence-electron chi connectivity index (χ4n) is 6.80. The number of fused-ring (bicyclic) bond motifs is 6. The molecule has 5 rings (SSSR count). The van der Waals surface area contributed by atoms with Crippen LogP contribution in [0.3, 0.4) is 0 Å². The van der Waals surface area contributed by atoms with E-state index in [-0.39, 0.29) is 11.8 Å². The highest BCUT2D eigenvalue weighted by Crippen LogP contribution is 2.56. The topological polar surface area (TPSA) is 37.4 Å². The van der Waals surface area contributed by atoms with Crippen molar-refractivity contribution in [2.45, 2.75) is 70.4 Å². The van der Waals surface area contributed by atoms with Crippen LogP contribution in [0, 0.1) is 29.6 Å². The van der Waals surface area contributed by atoms with Crippen LogP contribution in [-0.4, -0.2) is 28.6 Å². The molecule has 3 aliphatic carbocycles. The van der Waals surface area contributed by atoms with Gasteiger partial charge >= 0.3 is 0 Å². The summed E-state index contributed by atoms with van der Waals surface area (Å²) in [5.41, 5.74) is 1.34. The quantitative estimate of drug-likeness (QED) is 0.688. The molecule has 0 N–H and O–H groups in total. The molecule has 7 atom stereocenters. The summed E-state index contributed by atoms with van der Waals surface area (Å²) in [4.78, 5) is 28.0. The molecule has 2 aliphatic heterocycles. The third kappa shape index (κ3) is 1.88. The first-order valence-electron chi connectivity index (χ1n) is 9.71. The van der Waals surface area contributed by atoms with E-state index in [1.807, 2.05) is 6.08 Å². The molecule has 4 fully saturated rings. The number of piperidine rings is 2. The number of rotatable bonds is 0. The summed E-state index contributed by atoms with van der Waals surface area (Å²) < 4.78 is 0. The molecule has 0 radical (unpaired) electrons. The standard InChI is InChI=1S/C20H27NO2/c1-11-6-7-15-16-8-12(9-18(15)22)20-14-5-3-2-4-13(14)19(23)10-17(20)21(11)16/h10-16,20H,2-9H2,1H3/t11-,12-,13+,14+,15+,16+,20-/m0/s1. The van der Waals surface area contributed by atoms with Gasteiger partial charge in [-0.15, -0.1) is 0 Å². The highest BCUT2D eigenvalue weighted by atomic mass is 16.1. The lowest BCUT2D eigenvalue weighted by atomic mass is 9.55. The summed E-state index contributed by atoms with van der Waals surface area (Å²) in [7, 11) is 0. The van der Waals surface area contributed by atoms with Gasteiger partial charge in [-0.2, -0.15) is 0 Å². The first kappa shape index (κ1) is 14.2. The second-order valence-corrected chi connectivity index (χ2v) is 8.73. The molecular formula is C20H27NO2. The molecule has 0 aromatic heterocycles. The van der Waals surface area contributed by atoms with Gasteiger partial charge in [0.25, 0.3) is 0 Å². The van der Waals surface area contributed by atoms with Crippen LogP contribution in [0.1, 0.15) is 58.3 Å². The zero-order valence-electron chi connectivity index (χ0n) is 14.0. The maximum Gasteiger partial charge on any atom is 0.160 e. The van der Waals surface area contributed by atoms with Crippen molar-refractivity contribution in [2.24, 2.45) is 29.6 Å². The molecular weight excluding hydrogens is 286 g/mol. The van der Waals surface area contributed by atoms with Gasteiger partial charge in [0.05, 0.1) is 0 Å². The number of nitrogens with zero attached hydrogens (tertiary/aromatic N) is 1.